The molecular weight excluding hydrogens is 1300 g/mol. The van der Waals surface area contributed by atoms with Gasteiger partial charge in [-0.1, -0.05) is 11.8 Å². The summed E-state index contributed by atoms with van der Waals surface area (Å²) < 4.78 is 142. The van der Waals surface area contributed by atoms with E-state index < -0.39 is 154 Å². The zero-order chi connectivity index (χ0) is 61.9. The van der Waals surface area contributed by atoms with Crippen LogP contribution >= 0.6 is 29.2 Å². The number of hydrogen-bond donors (Lipinski definition) is 8. The quantitative estimate of drug-likeness (QED) is 0.0800. The Balaban J connectivity index is 0.000000162. The maximum atomic E-state index is 15.9. The molecule has 14 rings (SSSR count). The molecule has 8 aromatic heterocycles. The molecule has 0 radical (unpaired) electrons. The smallest absolute Gasteiger partial charge is 0.472 e. The molecule has 6 aliphatic heterocycles. The number of rotatable bonds is 4. The van der Waals surface area contributed by atoms with Gasteiger partial charge in [-0.05, 0) is 6.07 Å². The van der Waals surface area contributed by atoms with Crippen LogP contribution in [0.5, 0.6) is 0 Å². The molecule has 0 saturated carbocycles. The normalized spacial score (nSPS) is 38.3. The fourth-order valence-electron chi connectivity index (χ4n) is 10.4. The van der Waals surface area contributed by atoms with E-state index in [1.807, 2.05) is 0 Å². The topological polar surface area (TPSA) is 532 Å². The summed E-state index contributed by atoms with van der Waals surface area (Å²) in [4.78, 5) is 79.1. The molecule has 0 spiro atoms. The van der Waals surface area contributed by atoms with Gasteiger partial charge in [0.25, 0.3) is 0 Å². The number of anilines is 4. The number of phosphoric ester groups is 2. The first kappa shape index (κ1) is 61.2. The minimum atomic E-state index is -5.06. The molecule has 8 unspecified atom stereocenters. The van der Waals surface area contributed by atoms with E-state index in [1.165, 1.54) is 68.5 Å². The second-order valence-electron chi connectivity index (χ2n) is 19.9. The first-order chi connectivity index (χ1) is 41.8. The largest absolute Gasteiger partial charge is 0.780 e. The van der Waals surface area contributed by atoms with Gasteiger partial charge in [0.05, 0.1) is 57.4 Å². The number of imidazole rings is 4. The Morgan fingerprint density at radius 2 is 0.886 bits per heavy atom. The van der Waals surface area contributed by atoms with Crippen LogP contribution in [-0.2, 0) is 92.9 Å². The molecule has 20 atom stereocenters. The van der Waals surface area contributed by atoms with Gasteiger partial charge in [0.1, 0.15) is 109 Å². The van der Waals surface area contributed by atoms with Crippen molar-refractivity contribution in [1.82, 2.24) is 73.1 Å². The summed E-state index contributed by atoms with van der Waals surface area (Å²) in [7, 11) is -10.1. The third-order valence-corrected chi connectivity index (χ3v) is 19.6. The summed E-state index contributed by atoms with van der Waals surface area (Å²) >= 11 is 10.2. The molecule has 6 fully saturated rings. The van der Waals surface area contributed by atoms with Gasteiger partial charge >= 0.3 is 15.6 Å². The Labute approximate surface area is 499 Å². The fourth-order valence-corrected chi connectivity index (χ4v) is 15.2. The summed E-state index contributed by atoms with van der Waals surface area (Å²) in [5.41, 5.74) is 25.2. The van der Waals surface area contributed by atoms with Crippen molar-refractivity contribution in [1.29, 1.82) is 0 Å². The van der Waals surface area contributed by atoms with E-state index in [9.17, 15) is 38.6 Å². The Morgan fingerprint density at radius 3 is 1.34 bits per heavy atom. The summed E-state index contributed by atoms with van der Waals surface area (Å²) in [5, 5.41) is 22.1. The average Bonchev–Trinajstić information content (AvgIpc) is 1.74. The van der Waals surface area contributed by atoms with Gasteiger partial charge in [-0.15, -0.1) is 0 Å². The van der Waals surface area contributed by atoms with Crippen LogP contribution in [0.4, 0.5) is 31.9 Å². The number of alkyl halides is 2. The van der Waals surface area contributed by atoms with E-state index in [0.29, 0.717) is 0 Å². The van der Waals surface area contributed by atoms with E-state index in [0.717, 1.165) is 6.33 Å². The number of ether oxygens (including phenoxy) is 4. The summed E-state index contributed by atoms with van der Waals surface area (Å²) in [6, 6.07) is 1.51. The van der Waals surface area contributed by atoms with Crippen molar-refractivity contribution in [2.45, 2.75) is 98.3 Å². The number of aromatic nitrogens is 15. The number of nitrogens with two attached hydrogens (primary N) is 4. The third-order valence-electron chi connectivity index (χ3n) is 14.5. The van der Waals surface area contributed by atoms with Gasteiger partial charge in [0, 0.05) is 6.20 Å². The summed E-state index contributed by atoms with van der Waals surface area (Å²) in [6.07, 6.45) is -15.5. The predicted molar refractivity (Wildman–Crippen MR) is 291 cm³/mol. The van der Waals surface area contributed by atoms with Crippen molar-refractivity contribution in [3.63, 3.8) is 0 Å². The first-order valence-corrected chi connectivity index (χ1v) is 33.7. The van der Waals surface area contributed by atoms with Crippen molar-refractivity contribution in [3.05, 3.63) is 56.6 Å². The molecule has 472 valence electrons. The van der Waals surface area contributed by atoms with E-state index in [4.69, 9.17) is 102 Å². The number of nitrogen functional groups attached to an aromatic ring is 4. The molecule has 0 aliphatic carbocycles. The Bertz CT molecular complexity index is 3930. The van der Waals surface area contributed by atoms with Crippen LogP contribution in [0.1, 0.15) is 24.9 Å². The lowest BCUT2D eigenvalue weighted by molar-refractivity contribution is -0.218. The standard InChI is InChI=1S/C21H24FN9O10P2S.C20H23FN10O10P2S/c22-11-15-10(39-20(11)30-6-28-12-8(23)1-2-25-18(12)30)4-37-43(35,44)41-16-14(32)9(3-36-42(33,34)40-15)38-21(16)31-7-29-13-17(24)26-5-27-19(13)31;21-9-13-8(39-19(9)30-5-28-10-15(22)24-3-26-17(10)30)2-37-43(35,44)41-14-12(32)7(1-36-42(33,34)40-13)38-20(14)31-6-29-11-16(23)25-4-27-18(11)31/h1-2,5-7,9-11,14-16,20-21,32H,3-4H2,(H2,23,25)(H,33,34)(H,35,44)(H2,24,26,27);3-9,12-14,19-20,32H,1-2H2,(H,33,34)(H,35,44)(H2,22,24,26)(H2,23,25,27)/p-2/t9-,10-,11?,14?,15+,16+,20-,21-,43?;7-,8-,9?,12?,13+,14+,19-,20-,43?/m11/s1. The highest BCUT2D eigenvalue weighted by molar-refractivity contribution is 8.32. The van der Waals surface area contributed by atoms with Crippen molar-refractivity contribution >= 4 is 121 Å². The zero-order valence-electron chi connectivity index (χ0n) is 44.0. The molecule has 14 heterocycles. The molecule has 47 heteroatoms. The molecule has 12 N–H and O–H groups in total. The van der Waals surface area contributed by atoms with Crippen molar-refractivity contribution in [2.24, 2.45) is 0 Å². The highest BCUT2D eigenvalue weighted by atomic mass is 32.7. The van der Waals surface area contributed by atoms with E-state index in [2.05, 4.69) is 54.8 Å². The number of halogens is 2. The number of fused-ring (bicyclic) bond motifs is 10. The third kappa shape index (κ3) is 11.4. The minimum absolute atomic E-state index is 0.0266. The van der Waals surface area contributed by atoms with Crippen LogP contribution in [0.15, 0.2) is 56.6 Å². The molecule has 0 amide bonds. The van der Waals surface area contributed by atoms with Gasteiger partial charge in [0.2, 0.25) is 6.80 Å². The predicted octanol–water partition coefficient (Wildman–Crippen LogP) is -0.671. The Kier molecular flexibility index (Phi) is 16.2. The van der Waals surface area contributed by atoms with Crippen LogP contribution in [0.2, 0.25) is 0 Å². The molecule has 88 heavy (non-hydrogen) atoms. The lowest BCUT2D eigenvalue weighted by Crippen LogP contribution is -2.36. The average molecular weight is 1350 g/mol. The minimum Gasteiger partial charge on any atom is -0.780 e. The van der Waals surface area contributed by atoms with E-state index >= 15 is 8.78 Å². The number of hydrogen-bond acceptors (Lipinski definition) is 35. The molecule has 6 saturated heterocycles. The second kappa shape index (κ2) is 23.2. The number of aliphatic hydroxyl groups is 2. The number of phosphoric acid groups is 2. The van der Waals surface area contributed by atoms with Crippen molar-refractivity contribution in [2.75, 3.05) is 49.4 Å². The van der Waals surface area contributed by atoms with Gasteiger partial charge in [-0.3, -0.25) is 40.9 Å². The van der Waals surface area contributed by atoms with Crippen LogP contribution < -0.4 is 27.8 Å². The van der Waals surface area contributed by atoms with E-state index in [-0.39, 0.29) is 67.8 Å². The fraction of sp³-hybridized carbons (Fsp3) is 0.488. The summed E-state index contributed by atoms with van der Waals surface area (Å²) in [5.74, 6) is 0.136. The van der Waals surface area contributed by atoms with Crippen LogP contribution in [0.25, 0.3) is 44.7 Å². The van der Waals surface area contributed by atoms with Crippen LogP contribution in [0, 0.1) is 0 Å². The van der Waals surface area contributed by atoms with Gasteiger partial charge in [0.15, 0.2) is 77.3 Å². The SMILES string of the molecule is Nc1ccnc2c1ncn2[C@@H]1O[C@@H]2COP([O-])(=S)O[C@H]3C(O)[C@@H](COP(=O)(O)O[C@@H]2C1F)O[C@H]3n1cnc2c(N)ncnc21.Nc1ncnc2c1ncn2[C@@H]1O[C@@H]2COP(=O)([S-])O[C@H]3C(O)[C@@H](COP(=O)(O)O[C@@H]2C1F)O[C@H]3n1cnc2c(N)ncnc21. The Hall–Kier alpha value is -5.66. The van der Waals surface area contributed by atoms with Crippen LogP contribution in [0.3, 0.4) is 0 Å². The Morgan fingerprint density at radius 1 is 0.511 bits per heavy atom. The molecule has 0 aromatic carbocycles. The maximum absolute atomic E-state index is 15.9. The maximum Gasteiger partial charge on any atom is 0.472 e. The van der Waals surface area contributed by atoms with Crippen molar-refractivity contribution in [3.8, 4) is 0 Å². The van der Waals surface area contributed by atoms with Crippen molar-refractivity contribution < 1.29 is 103 Å². The highest BCUT2D eigenvalue weighted by Crippen LogP contribution is 2.56. The zero-order valence-corrected chi connectivity index (χ0v) is 49.2. The molecule has 39 nitrogen and oxygen atoms in total. The molecule has 8 aromatic rings. The molecular formula is C41H45F2N19O20P4S2-2. The van der Waals surface area contributed by atoms with Gasteiger partial charge in [-0.2, -0.15) is 0 Å². The summed E-state index contributed by atoms with van der Waals surface area (Å²) in [6.45, 7) is -12.0. The highest BCUT2D eigenvalue weighted by Gasteiger charge is 2.56. The first-order valence-electron chi connectivity index (χ1n) is 25.6. The molecule has 6 aliphatic rings. The lowest BCUT2D eigenvalue weighted by atomic mass is 10.1. The molecule has 4 bridgehead atoms. The van der Waals surface area contributed by atoms with E-state index in [1.54, 1.807) is 0 Å². The monoisotopic (exact) mass is 1350 g/mol. The van der Waals surface area contributed by atoms with Gasteiger partial charge in [-0.25, -0.2) is 72.7 Å². The number of nitrogens with zero attached hydrogens (tertiary/aromatic N) is 15. The number of aliphatic hydroxyl groups excluding tert-OH is 2. The number of pyridine rings is 1. The van der Waals surface area contributed by atoms with Gasteiger partial charge < -0.3 is 97.1 Å². The van der Waals surface area contributed by atoms with Crippen LogP contribution in [-0.4, -0.2) is 193 Å². The second-order valence-corrected chi connectivity index (χ2v) is 28.1. The lowest BCUT2D eigenvalue weighted by Gasteiger charge is -2.34.